The molecule has 1 aliphatic rings. The van der Waals surface area contributed by atoms with Crippen LogP contribution in [-0.2, 0) is 11.3 Å². The standard InChI is InChI=1S/C13H22N4O2/c1-10(2)8-13(18)17-6-4-16(5-7-17)9-12-11(3)14-19-15-12/h10H,4-9H2,1-3H3. The third-order valence-corrected chi connectivity index (χ3v) is 3.43. The molecule has 6 heteroatoms. The molecule has 2 rings (SSSR count). The van der Waals surface area contributed by atoms with Crippen LogP contribution in [0.3, 0.4) is 0 Å². The predicted molar refractivity (Wildman–Crippen MR) is 70.3 cm³/mol. The molecule has 0 aromatic carbocycles. The second-order valence-electron chi connectivity index (χ2n) is 5.55. The number of aromatic nitrogens is 2. The number of rotatable bonds is 4. The average Bonchev–Trinajstić information content (AvgIpc) is 2.75. The van der Waals surface area contributed by atoms with Gasteiger partial charge in [-0.2, -0.15) is 0 Å². The molecule has 106 valence electrons. The monoisotopic (exact) mass is 266 g/mol. The Balaban J connectivity index is 1.79. The minimum Gasteiger partial charge on any atom is -0.340 e. The summed E-state index contributed by atoms with van der Waals surface area (Å²) in [7, 11) is 0. The summed E-state index contributed by atoms with van der Waals surface area (Å²) in [6.45, 7) is 10.2. The molecule has 0 aliphatic carbocycles. The van der Waals surface area contributed by atoms with Gasteiger partial charge in [0.05, 0.1) is 0 Å². The molecule has 0 spiro atoms. The quantitative estimate of drug-likeness (QED) is 0.815. The summed E-state index contributed by atoms with van der Waals surface area (Å²) < 4.78 is 4.70. The van der Waals surface area contributed by atoms with E-state index >= 15 is 0 Å². The Morgan fingerprint density at radius 1 is 1.26 bits per heavy atom. The lowest BCUT2D eigenvalue weighted by Crippen LogP contribution is -2.48. The number of carbonyl (C=O) groups is 1. The normalized spacial score (nSPS) is 17.2. The second kappa shape index (κ2) is 6.14. The third-order valence-electron chi connectivity index (χ3n) is 3.43. The topological polar surface area (TPSA) is 62.5 Å². The molecular formula is C13H22N4O2. The fourth-order valence-corrected chi connectivity index (χ4v) is 2.24. The van der Waals surface area contributed by atoms with E-state index in [1.165, 1.54) is 0 Å². The maximum Gasteiger partial charge on any atom is 0.222 e. The van der Waals surface area contributed by atoms with Crippen molar-refractivity contribution in [1.29, 1.82) is 0 Å². The molecular weight excluding hydrogens is 244 g/mol. The first-order valence-electron chi connectivity index (χ1n) is 6.84. The molecule has 1 amide bonds. The number of piperazine rings is 1. The van der Waals surface area contributed by atoms with Crippen LogP contribution in [-0.4, -0.2) is 52.2 Å². The number of amides is 1. The first-order valence-corrected chi connectivity index (χ1v) is 6.84. The van der Waals surface area contributed by atoms with E-state index in [1.807, 2.05) is 11.8 Å². The van der Waals surface area contributed by atoms with Crippen LogP contribution >= 0.6 is 0 Å². The number of carbonyl (C=O) groups excluding carboxylic acids is 1. The zero-order valence-electron chi connectivity index (χ0n) is 11.9. The average molecular weight is 266 g/mol. The van der Waals surface area contributed by atoms with Crippen molar-refractivity contribution in [1.82, 2.24) is 20.1 Å². The van der Waals surface area contributed by atoms with Crippen LogP contribution in [0, 0.1) is 12.8 Å². The maximum absolute atomic E-state index is 12.0. The summed E-state index contributed by atoms with van der Waals surface area (Å²) in [5.74, 6) is 0.698. The highest BCUT2D eigenvalue weighted by Gasteiger charge is 2.22. The van der Waals surface area contributed by atoms with Crippen molar-refractivity contribution < 1.29 is 9.42 Å². The molecule has 6 nitrogen and oxygen atoms in total. The summed E-state index contributed by atoms with van der Waals surface area (Å²) in [5, 5.41) is 7.68. The van der Waals surface area contributed by atoms with Crippen LogP contribution in [0.25, 0.3) is 0 Å². The van der Waals surface area contributed by atoms with Crippen molar-refractivity contribution >= 4 is 5.91 Å². The third kappa shape index (κ3) is 3.76. The molecule has 2 heterocycles. The Labute approximate surface area is 113 Å². The minimum atomic E-state index is 0.272. The van der Waals surface area contributed by atoms with Crippen molar-refractivity contribution in [3.63, 3.8) is 0 Å². The van der Waals surface area contributed by atoms with Crippen LogP contribution in [0.5, 0.6) is 0 Å². The van der Waals surface area contributed by atoms with Gasteiger partial charge in [-0.3, -0.25) is 9.69 Å². The van der Waals surface area contributed by atoms with Gasteiger partial charge >= 0.3 is 0 Å². The zero-order valence-corrected chi connectivity index (χ0v) is 11.9. The Morgan fingerprint density at radius 3 is 2.47 bits per heavy atom. The predicted octanol–water partition coefficient (Wildman–Crippen LogP) is 1.07. The number of hydrogen-bond donors (Lipinski definition) is 0. The van der Waals surface area contributed by atoms with Gasteiger partial charge in [0.2, 0.25) is 5.91 Å². The van der Waals surface area contributed by atoms with Crippen molar-refractivity contribution in [2.75, 3.05) is 26.2 Å². The van der Waals surface area contributed by atoms with Crippen LogP contribution in [0.15, 0.2) is 4.63 Å². The summed E-state index contributed by atoms with van der Waals surface area (Å²) in [6.07, 6.45) is 0.645. The fraction of sp³-hybridized carbons (Fsp3) is 0.769. The van der Waals surface area contributed by atoms with Crippen molar-refractivity contribution in [2.24, 2.45) is 5.92 Å². The molecule has 0 N–H and O–H groups in total. The van der Waals surface area contributed by atoms with Gasteiger partial charge in [-0.25, -0.2) is 4.63 Å². The van der Waals surface area contributed by atoms with E-state index in [2.05, 4.69) is 29.1 Å². The second-order valence-corrected chi connectivity index (χ2v) is 5.55. The Morgan fingerprint density at radius 2 is 1.95 bits per heavy atom. The summed E-state index contributed by atoms with van der Waals surface area (Å²) in [4.78, 5) is 16.2. The summed E-state index contributed by atoms with van der Waals surface area (Å²) in [5.41, 5.74) is 1.74. The van der Waals surface area contributed by atoms with Crippen LogP contribution in [0.1, 0.15) is 31.7 Å². The number of hydrogen-bond acceptors (Lipinski definition) is 5. The number of nitrogens with zero attached hydrogens (tertiary/aromatic N) is 4. The lowest BCUT2D eigenvalue weighted by molar-refractivity contribution is -0.133. The SMILES string of the molecule is Cc1nonc1CN1CCN(C(=O)CC(C)C)CC1. The van der Waals surface area contributed by atoms with Gasteiger partial charge in [0.1, 0.15) is 11.4 Å². The van der Waals surface area contributed by atoms with Crippen molar-refractivity contribution in [3.8, 4) is 0 Å². The fourth-order valence-electron chi connectivity index (χ4n) is 2.24. The van der Waals surface area contributed by atoms with E-state index in [4.69, 9.17) is 4.63 Å². The minimum absolute atomic E-state index is 0.272. The molecule has 1 aliphatic heterocycles. The van der Waals surface area contributed by atoms with Gasteiger partial charge in [-0.05, 0) is 12.8 Å². The van der Waals surface area contributed by atoms with Gasteiger partial charge in [0.25, 0.3) is 0 Å². The van der Waals surface area contributed by atoms with E-state index < -0.39 is 0 Å². The zero-order chi connectivity index (χ0) is 13.8. The van der Waals surface area contributed by atoms with E-state index in [1.54, 1.807) is 0 Å². The first-order chi connectivity index (χ1) is 9.06. The maximum atomic E-state index is 12.0. The van der Waals surface area contributed by atoms with Gasteiger partial charge in [0, 0.05) is 39.1 Å². The first kappa shape index (κ1) is 14.0. The largest absolute Gasteiger partial charge is 0.340 e. The van der Waals surface area contributed by atoms with Crippen LogP contribution in [0.2, 0.25) is 0 Å². The van der Waals surface area contributed by atoms with Gasteiger partial charge in [-0.1, -0.05) is 24.2 Å². The van der Waals surface area contributed by atoms with Gasteiger partial charge in [-0.15, -0.1) is 0 Å². The van der Waals surface area contributed by atoms with Crippen molar-refractivity contribution in [2.45, 2.75) is 33.7 Å². The molecule has 1 aromatic heterocycles. The lowest BCUT2D eigenvalue weighted by Gasteiger charge is -2.34. The lowest BCUT2D eigenvalue weighted by atomic mass is 10.1. The summed E-state index contributed by atoms with van der Waals surface area (Å²) >= 11 is 0. The molecule has 1 fully saturated rings. The molecule has 0 radical (unpaired) electrons. The molecule has 19 heavy (non-hydrogen) atoms. The highest BCUT2D eigenvalue weighted by Crippen LogP contribution is 2.11. The Bertz CT molecular complexity index is 422. The number of aryl methyl sites for hydroxylation is 1. The smallest absolute Gasteiger partial charge is 0.222 e. The van der Waals surface area contributed by atoms with Crippen molar-refractivity contribution in [3.05, 3.63) is 11.4 Å². The summed E-state index contributed by atoms with van der Waals surface area (Å²) in [6, 6.07) is 0. The van der Waals surface area contributed by atoms with E-state index in [0.29, 0.717) is 12.3 Å². The molecule has 1 saturated heterocycles. The van der Waals surface area contributed by atoms with Gasteiger partial charge < -0.3 is 4.90 Å². The highest BCUT2D eigenvalue weighted by molar-refractivity contribution is 5.76. The Kier molecular flexibility index (Phi) is 4.52. The highest BCUT2D eigenvalue weighted by atomic mass is 16.6. The van der Waals surface area contributed by atoms with Crippen LogP contribution in [0.4, 0.5) is 0 Å². The Hall–Kier alpha value is -1.43. The van der Waals surface area contributed by atoms with Crippen LogP contribution < -0.4 is 0 Å². The molecule has 0 bridgehead atoms. The van der Waals surface area contributed by atoms with Gasteiger partial charge in [0.15, 0.2) is 0 Å². The van der Waals surface area contributed by atoms with E-state index in [9.17, 15) is 4.79 Å². The molecule has 1 aromatic rings. The molecule has 0 atom stereocenters. The van der Waals surface area contributed by atoms with E-state index in [-0.39, 0.29) is 5.91 Å². The molecule has 0 unspecified atom stereocenters. The van der Waals surface area contributed by atoms with E-state index in [0.717, 1.165) is 44.1 Å². The molecule has 0 saturated carbocycles.